The van der Waals surface area contributed by atoms with Crippen molar-refractivity contribution in [3.05, 3.63) is 66.5 Å². The molecule has 1 aromatic heterocycles. The van der Waals surface area contributed by atoms with E-state index in [2.05, 4.69) is 15.3 Å². The molecule has 3 aromatic rings. The lowest BCUT2D eigenvalue weighted by atomic mass is 10.1. The first kappa shape index (κ1) is 15.8. The minimum absolute atomic E-state index is 0.652. The number of ether oxygens (including phenoxy) is 2. The number of methoxy groups -OCH3 is 2. The van der Waals surface area contributed by atoms with E-state index in [1.807, 2.05) is 48.5 Å². The maximum atomic E-state index is 5.29. The molecule has 2 aromatic carbocycles. The first-order chi connectivity index (χ1) is 11.8. The smallest absolute Gasteiger partial charge is 0.152 e. The molecule has 24 heavy (non-hydrogen) atoms. The molecule has 0 bridgehead atoms. The zero-order valence-electron chi connectivity index (χ0n) is 13.7. The van der Waals surface area contributed by atoms with Crippen molar-refractivity contribution in [3.8, 4) is 22.8 Å². The number of rotatable bonds is 6. The lowest BCUT2D eigenvalue weighted by Crippen LogP contribution is -2.04. The van der Waals surface area contributed by atoms with Crippen LogP contribution in [0.1, 0.15) is 5.56 Å². The van der Waals surface area contributed by atoms with Crippen LogP contribution in [0.2, 0.25) is 0 Å². The van der Waals surface area contributed by atoms with Crippen molar-refractivity contribution in [3.63, 3.8) is 0 Å². The number of nitrogens with zero attached hydrogens (tertiary/aromatic N) is 2. The van der Waals surface area contributed by atoms with Crippen molar-refractivity contribution in [1.82, 2.24) is 9.97 Å². The van der Waals surface area contributed by atoms with Crippen molar-refractivity contribution in [2.75, 3.05) is 19.5 Å². The molecule has 0 aliphatic rings. The molecule has 0 aliphatic carbocycles. The van der Waals surface area contributed by atoms with Gasteiger partial charge >= 0.3 is 0 Å². The first-order valence-electron chi connectivity index (χ1n) is 7.62. The van der Waals surface area contributed by atoms with Crippen LogP contribution in [-0.2, 0) is 6.54 Å². The molecule has 0 spiro atoms. The minimum atomic E-state index is 0.652. The predicted octanol–water partition coefficient (Wildman–Crippen LogP) is 3.77. The number of nitrogens with one attached hydrogen (secondary N) is 1. The van der Waals surface area contributed by atoms with Crippen LogP contribution in [0.25, 0.3) is 11.3 Å². The van der Waals surface area contributed by atoms with Crippen LogP contribution < -0.4 is 14.8 Å². The molecule has 5 heteroatoms. The van der Waals surface area contributed by atoms with Gasteiger partial charge in [-0.25, -0.2) is 4.98 Å². The van der Waals surface area contributed by atoms with E-state index < -0.39 is 0 Å². The average molecular weight is 321 g/mol. The van der Waals surface area contributed by atoms with E-state index in [0.29, 0.717) is 6.54 Å². The normalized spacial score (nSPS) is 10.2. The molecule has 0 atom stereocenters. The maximum absolute atomic E-state index is 5.29. The average Bonchev–Trinajstić information content (AvgIpc) is 2.67. The fourth-order valence-electron chi connectivity index (χ4n) is 2.38. The van der Waals surface area contributed by atoms with E-state index >= 15 is 0 Å². The van der Waals surface area contributed by atoms with Crippen LogP contribution in [0, 0.1) is 0 Å². The van der Waals surface area contributed by atoms with Gasteiger partial charge in [-0.05, 0) is 29.8 Å². The van der Waals surface area contributed by atoms with E-state index in [1.165, 1.54) is 0 Å². The summed E-state index contributed by atoms with van der Waals surface area (Å²) in [6.45, 7) is 0.652. The molecule has 0 radical (unpaired) electrons. The molecule has 0 aliphatic heterocycles. The Balaban J connectivity index is 1.80. The fraction of sp³-hybridized carbons (Fsp3) is 0.158. The van der Waals surface area contributed by atoms with E-state index in [1.54, 1.807) is 26.6 Å². The Morgan fingerprint density at radius 2 is 1.62 bits per heavy atom. The highest BCUT2D eigenvalue weighted by molar-refractivity contribution is 5.72. The SMILES string of the molecule is COc1ccc(CNc2nccnc2-c2cccc(OC)c2)cc1. The summed E-state index contributed by atoms with van der Waals surface area (Å²) in [6, 6.07) is 15.7. The van der Waals surface area contributed by atoms with Crippen molar-refractivity contribution in [2.45, 2.75) is 6.54 Å². The molecule has 122 valence electrons. The molecule has 0 saturated carbocycles. The molecule has 0 saturated heterocycles. The summed E-state index contributed by atoms with van der Waals surface area (Å²) in [5.41, 5.74) is 2.89. The van der Waals surface area contributed by atoms with Crippen molar-refractivity contribution < 1.29 is 9.47 Å². The molecule has 5 nitrogen and oxygen atoms in total. The Morgan fingerprint density at radius 3 is 2.38 bits per heavy atom. The third-order valence-corrected chi connectivity index (χ3v) is 3.66. The van der Waals surface area contributed by atoms with Gasteiger partial charge in [0, 0.05) is 24.5 Å². The van der Waals surface area contributed by atoms with Gasteiger partial charge in [-0.1, -0.05) is 24.3 Å². The van der Waals surface area contributed by atoms with Gasteiger partial charge in [0.15, 0.2) is 5.82 Å². The molecule has 0 fully saturated rings. The molecular weight excluding hydrogens is 302 g/mol. The highest BCUT2D eigenvalue weighted by atomic mass is 16.5. The standard InChI is InChI=1S/C19H19N3O2/c1-23-16-8-6-14(7-9-16)13-22-19-18(20-10-11-21-19)15-4-3-5-17(12-15)24-2/h3-12H,13H2,1-2H3,(H,21,22). The molecule has 0 amide bonds. The number of anilines is 1. The summed E-state index contributed by atoms with van der Waals surface area (Å²) in [7, 11) is 3.31. The molecular formula is C19H19N3O2. The Kier molecular flexibility index (Phi) is 4.91. The second kappa shape index (κ2) is 7.46. The van der Waals surface area contributed by atoms with Crippen molar-refractivity contribution >= 4 is 5.82 Å². The van der Waals surface area contributed by atoms with Gasteiger partial charge in [-0.15, -0.1) is 0 Å². The molecule has 1 heterocycles. The number of hydrogen-bond donors (Lipinski definition) is 1. The Bertz CT molecular complexity index is 804. The summed E-state index contributed by atoms with van der Waals surface area (Å²) in [5, 5.41) is 3.35. The van der Waals surface area contributed by atoms with E-state index in [-0.39, 0.29) is 0 Å². The summed E-state index contributed by atoms with van der Waals surface area (Å²) < 4.78 is 10.5. The van der Waals surface area contributed by atoms with Gasteiger partial charge in [0.1, 0.15) is 17.2 Å². The second-order valence-corrected chi connectivity index (χ2v) is 5.19. The van der Waals surface area contributed by atoms with Gasteiger partial charge < -0.3 is 14.8 Å². The summed E-state index contributed by atoms with van der Waals surface area (Å²) in [4.78, 5) is 8.88. The third kappa shape index (κ3) is 3.63. The zero-order valence-corrected chi connectivity index (χ0v) is 13.7. The van der Waals surface area contributed by atoms with Crippen molar-refractivity contribution in [1.29, 1.82) is 0 Å². The Morgan fingerprint density at radius 1 is 0.875 bits per heavy atom. The van der Waals surface area contributed by atoms with Gasteiger partial charge in [-0.3, -0.25) is 4.98 Å². The van der Waals surface area contributed by atoms with Gasteiger partial charge in [0.05, 0.1) is 14.2 Å². The van der Waals surface area contributed by atoms with E-state index in [4.69, 9.17) is 9.47 Å². The van der Waals surface area contributed by atoms with Crippen LogP contribution in [0.5, 0.6) is 11.5 Å². The highest BCUT2D eigenvalue weighted by Crippen LogP contribution is 2.27. The summed E-state index contributed by atoms with van der Waals surface area (Å²) >= 11 is 0. The van der Waals surface area contributed by atoms with Crippen LogP contribution in [0.4, 0.5) is 5.82 Å². The Labute approximate surface area is 141 Å². The van der Waals surface area contributed by atoms with Gasteiger partial charge in [0.25, 0.3) is 0 Å². The number of hydrogen-bond acceptors (Lipinski definition) is 5. The molecule has 3 rings (SSSR count). The maximum Gasteiger partial charge on any atom is 0.152 e. The molecule has 0 unspecified atom stereocenters. The predicted molar refractivity (Wildman–Crippen MR) is 94.3 cm³/mol. The lowest BCUT2D eigenvalue weighted by molar-refractivity contribution is 0.414. The zero-order chi connectivity index (χ0) is 16.8. The lowest BCUT2D eigenvalue weighted by Gasteiger charge is -2.11. The summed E-state index contributed by atoms with van der Waals surface area (Å²) in [6.07, 6.45) is 3.37. The van der Waals surface area contributed by atoms with E-state index in [9.17, 15) is 0 Å². The third-order valence-electron chi connectivity index (χ3n) is 3.66. The molecule has 1 N–H and O–H groups in total. The second-order valence-electron chi connectivity index (χ2n) is 5.19. The quantitative estimate of drug-likeness (QED) is 0.749. The van der Waals surface area contributed by atoms with Crippen LogP contribution in [0.15, 0.2) is 60.9 Å². The first-order valence-corrected chi connectivity index (χ1v) is 7.62. The Hall–Kier alpha value is -3.08. The van der Waals surface area contributed by atoms with Crippen LogP contribution >= 0.6 is 0 Å². The minimum Gasteiger partial charge on any atom is -0.497 e. The largest absolute Gasteiger partial charge is 0.497 e. The fourth-order valence-corrected chi connectivity index (χ4v) is 2.38. The number of aromatic nitrogens is 2. The summed E-state index contributed by atoms with van der Waals surface area (Å²) in [5.74, 6) is 2.37. The van der Waals surface area contributed by atoms with Gasteiger partial charge in [-0.2, -0.15) is 0 Å². The van der Waals surface area contributed by atoms with Crippen LogP contribution in [0.3, 0.4) is 0 Å². The monoisotopic (exact) mass is 321 g/mol. The van der Waals surface area contributed by atoms with E-state index in [0.717, 1.165) is 34.1 Å². The van der Waals surface area contributed by atoms with Crippen molar-refractivity contribution in [2.24, 2.45) is 0 Å². The number of benzene rings is 2. The topological polar surface area (TPSA) is 56.3 Å². The van der Waals surface area contributed by atoms with Gasteiger partial charge in [0.2, 0.25) is 0 Å². The highest BCUT2D eigenvalue weighted by Gasteiger charge is 2.08. The van der Waals surface area contributed by atoms with Crippen LogP contribution in [-0.4, -0.2) is 24.2 Å².